The number of nitro groups is 1. The minimum atomic E-state index is -0.362. The Kier molecular flexibility index (Phi) is 4.11. The third-order valence-electron chi connectivity index (χ3n) is 3.03. The Hall–Kier alpha value is -1.66. The van der Waals surface area contributed by atoms with Gasteiger partial charge in [0.25, 0.3) is 5.69 Å². The Labute approximate surface area is 105 Å². The van der Waals surface area contributed by atoms with Crippen LogP contribution in [0.25, 0.3) is 0 Å². The zero-order chi connectivity index (χ0) is 13.0. The molecule has 1 aliphatic rings. The molecule has 1 unspecified atom stereocenters. The lowest BCUT2D eigenvalue weighted by molar-refractivity contribution is -0.385. The summed E-state index contributed by atoms with van der Waals surface area (Å²) < 4.78 is 5.56. The van der Waals surface area contributed by atoms with Crippen molar-refractivity contribution in [2.75, 3.05) is 31.6 Å². The van der Waals surface area contributed by atoms with Gasteiger partial charge in [0.2, 0.25) is 0 Å². The maximum atomic E-state index is 10.8. The molecular formula is C12H17N3O3. The van der Waals surface area contributed by atoms with Gasteiger partial charge in [0, 0.05) is 37.0 Å². The van der Waals surface area contributed by atoms with E-state index in [-0.39, 0.29) is 16.7 Å². The van der Waals surface area contributed by atoms with Crippen LogP contribution in [0.4, 0.5) is 11.4 Å². The number of nitrogens with one attached hydrogen (secondary N) is 2. The van der Waals surface area contributed by atoms with Gasteiger partial charge in [0.05, 0.1) is 17.6 Å². The van der Waals surface area contributed by atoms with Gasteiger partial charge in [0.15, 0.2) is 0 Å². The maximum Gasteiger partial charge on any atom is 0.274 e. The first-order valence-corrected chi connectivity index (χ1v) is 5.98. The maximum absolute atomic E-state index is 10.8. The molecule has 1 fully saturated rings. The van der Waals surface area contributed by atoms with E-state index >= 15 is 0 Å². The second-order valence-corrected chi connectivity index (χ2v) is 4.28. The molecule has 0 saturated carbocycles. The number of rotatable bonds is 4. The summed E-state index contributed by atoms with van der Waals surface area (Å²) in [5.74, 6) is 0. The van der Waals surface area contributed by atoms with Crippen molar-refractivity contribution >= 4 is 11.4 Å². The van der Waals surface area contributed by atoms with Gasteiger partial charge in [0.1, 0.15) is 0 Å². The summed E-state index contributed by atoms with van der Waals surface area (Å²) in [5, 5.41) is 17.3. The van der Waals surface area contributed by atoms with Crippen molar-refractivity contribution in [3.8, 4) is 0 Å². The highest BCUT2D eigenvalue weighted by molar-refractivity contribution is 5.59. The molecule has 98 valence electrons. The van der Waals surface area contributed by atoms with Gasteiger partial charge in [-0.2, -0.15) is 0 Å². The number of morpholine rings is 1. The summed E-state index contributed by atoms with van der Waals surface area (Å²) in [7, 11) is 0. The van der Waals surface area contributed by atoms with Crippen molar-refractivity contribution in [1.29, 1.82) is 0 Å². The van der Waals surface area contributed by atoms with Crippen molar-refractivity contribution in [1.82, 2.24) is 5.32 Å². The molecule has 1 heterocycles. The molecule has 2 N–H and O–H groups in total. The Morgan fingerprint density at radius 2 is 2.44 bits per heavy atom. The Balaban J connectivity index is 2.00. The van der Waals surface area contributed by atoms with Crippen molar-refractivity contribution in [2.24, 2.45) is 0 Å². The van der Waals surface area contributed by atoms with E-state index in [1.807, 2.05) is 6.07 Å². The SMILES string of the molecule is Cc1c(NCC2CNCCO2)cccc1[N+](=O)[O-]. The highest BCUT2D eigenvalue weighted by Crippen LogP contribution is 2.24. The second kappa shape index (κ2) is 5.79. The molecule has 1 atom stereocenters. The Bertz CT molecular complexity index is 431. The van der Waals surface area contributed by atoms with Crippen LogP contribution >= 0.6 is 0 Å². The molecule has 0 bridgehead atoms. The normalized spacial score (nSPS) is 19.5. The molecule has 6 heteroatoms. The number of nitrogens with zero attached hydrogens (tertiary/aromatic N) is 1. The Morgan fingerprint density at radius 1 is 1.61 bits per heavy atom. The lowest BCUT2D eigenvalue weighted by atomic mass is 10.1. The van der Waals surface area contributed by atoms with E-state index in [2.05, 4.69) is 10.6 Å². The van der Waals surface area contributed by atoms with Crippen LogP contribution in [0.5, 0.6) is 0 Å². The van der Waals surface area contributed by atoms with E-state index in [9.17, 15) is 10.1 Å². The number of hydrogen-bond acceptors (Lipinski definition) is 5. The highest BCUT2D eigenvalue weighted by atomic mass is 16.6. The fraction of sp³-hybridized carbons (Fsp3) is 0.500. The number of benzene rings is 1. The molecule has 0 aromatic heterocycles. The van der Waals surface area contributed by atoms with Crippen LogP contribution in [0.1, 0.15) is 5.56 Å². The fourth-order valence-electron chi connectivity index (χ4n) is 1.99. The summed E-state index contributed by atoms with van der Waals surface area (Å²) in [6.45, 7) is 4.79. The quantitative estimate of drug-likeness (QED) is 0.623. The number of nitro benzene ring substituents is 1. The molecule has 6 nitrogen and oxygen atoms in total. The molecule has 1 saturated heterocycles. The van der Waals surface area contributed by atoms with E-state index in [0.29, 0.717) is 18.7 Å². The smallest absolute Gasteiger partial charge is 0.274 e. The van der Waals surface area contributed by atoms with Gasteiger partial charge in [-0.3, -0.25) is 10.1 Å². The molecule has 1 aliphatic heterocycles. The van der Waals surface area contributed by atoms with Crippen LogP contribution in [-0.2, 0) is 4.74 Å². The van der Waals surface area contributed by atoms with E-state index < -0.39 is 0 Å². The minimum Gasteiger partial charge on any atom is -0.382 e. The molecule has 0 radical (unpaired) electrons. The first-order valence-electron chi connectivity index (χ1n) is 5.98. The van der Waals surface area contributed by atoms with Gasteiger partial charge in [-0.15, -0.1) is 0 Å². The standard InChI is InChI=1S/C12H17N3O3/c1-9-11(3-2-4-12(9)15(16)17)14-8-10-7-13-5-6-18-10/h2-4,10,13-14H,5-8H2,1H3. The van der Waals surface area contributed by atoms with Crippen LogP contribution in [0, 0.1) is 17.0 Å². The molecule has 1 aromatic carbocycles. The monoisotopic (exact) mass is 251 g/mol. The zero-order valence-electron chi connectivity index (χ0n) is 10.3. The topological polar surface area (TPSA) is 76.4 Å². The van der Waals surface area contributed by atoms with Gasteiger partial charge < -0.3 is 15.4 Å². The number of ether oxygens (including phenoxy) is 1. The molecule has 0 amide bonds. The lowest BCUT2D eigenvalue weighted by Gasteiger charge is -2.24. The molecular weight excluding hydrogens is 234 g/mol. The molecule has 0 aliphatic carbocycles. The first-order chi connectivity index (χ1) is 8.68. The summed E-state index contributed by atoms with van der Waals surface area (Å²) in [6, 6.07) is 5.05. The van der Waals surface area contributed by atoms with E-state index in [4.69, 9.17) is 4.74 Å². The lowest BCUT2D eigenvalue weighted by Crippen LogP contribution is -2.42. The molecule has 1 aromatic rings. The fourth-order valence-corrected chi connectivity index (χ4v) is 1.99. The molecule has 2 rings (SSSR count). The Morgan fingerprint density at radius 3 is 3.11 bits per heavy atom. The summed E-state index contributed by atoms with van der Waals surface area (Å²) in [6.07, 6.45) is 0.109. The summed E-state index contributed by atoms with van der Waals surface area (Å²) in [4.78, 5) is 10.5. The molecule has 18 heavy (non-hydrogen) atoms. The van der Waals surface area contributed by atoms with Crippen molar-refractivity contribution in [3.63, 3.8) is 0 Å². The zero-order valence-corrected chi connectivity index (χ0v) is 10.3. The largest absolute Gasteiger partial charge is 0.382 e. The highest BCUT2D eigenvalue weighted by Gasteiger charge is 2.16. The van der Waals surface area contributed by atoms with Crippen LogP contribution in [0.15, 0.2) is 18.2 Å². The average Bonchev–Trinajstić information content (AvgIpc) is 2.38. The van der Waals surface area contributed by atoms with E-state index in [1.54, 1.807) is 13.0 Å². The van der Waals surface area contributed by atoms with Crippen LogP contribution in [-0.4, -0.2) is 37.3 Å². The van der Waals surface area contributed by atoms with E-state index in [1.165, 1.54) is 6.07 Å². The third kappa shape index (κ3) is 2.96. The van der Waals surface area contributed by atoms with Crippen LogP contribution in [0.3, 0.4) is 0 Å². The van der Waals surface area contributed by atoms with Crippen molar-refractivity contribution < 1.29 is 9.66 Å². The van der Waals surface area contributed by atoms with Crippen molar-refractivity contribution in [2.45, 2.75) is 13.0 Å². The van der Waals surface area contributed by atoms with Crippen LogP contribution < -0.4 is 10.6 Å². The number of anilines is 1. The van der Waals surface area contributed by atoms with Gasteiger partial charge in [-0.25, -0.2) is 0 Å². The minimum absolute atomic E-state index is 0.109. The first kappa shape index (κ1) is 12.8. The summed E-state index contributed by atoms with van der Waals surface area (Å²) in [5.41, 5.74) is 1.59. The second-order valence-electron chi connectivity index (χ2n) is 4.28. The van der Waals surface area contributed by atoms with Crippen LogP contribution in [0.2, 0.25) is 0 Å². The van der Waals surface area contributed by atoms with E-state index in [0.717, 1.165) is 18.8 Å². The predicted octanol–water partition coefficient (Wildman–Crippen LogP) is 1.30. The third-order valence-corrected chi connectivity index (χ3v) is 3.03. The number of hydrogen-bond donors (Lipinski definition) is 2. The predicted molar refractivity (Wildman–Crippen MR) is 68.9 cm³/mol. The van der Waals surface area contributed by atoms with Gasteiger partial charge in [-0.1, -0.05) is 6.07 Å². The van der Waals surface area contributed by atoms with Crippen molar-refractivity contribution in [3.05, 3.63) is 33.9 Å². The van der Waals surface area contributed by atoms with Gasteiger partial charge >= 0.3 is 0 Å². The average molecular weight is 251 g/mol. The summed E-state index contributed by atoms with van der Waals surface area (Å²) >= 11 is 0. The molecule has 0 spiro atoms. The van der Waals surface area contributed by atoms with Gasteiger partial charge in [-0.05, 0) is 13.0 Å².